The molecule has 0 heterocycles. The molecule has 7 nitrogen and oxygen atoms in total. The molecule has 0 fully saturated rings. The number of ether oxygens (including phenoxy) is 2. The van der Waals surface area contributed by atoms with Gasteiger partial charge in [-0.05, 0) is 57.2 Å². The molecule has 2 aromatic carbocycles. The van der Waals surface area contributed by atoms with Gasteiger partial charge in [-0.15, -0.1) is 13.2 Å². The van der Waals surface area contributed by atoms with Crippen LogP contribution in [-0.4, -0.2) is 23.0 Å². The smallest absolute Gasteiger partial charge is 0.444 e. The third kappa shape index (κ3) is 7.35. The Hall–Kier alpha value is -3.74. The number of nitrogens with zero attached hydrogens (tertiary/aromatic N) is 1. The van der Waals surface area contributed by atoms with E-state index in [0.717, 1.165) is 12.1 Å². The fraction of sp³-hybridized carbons (Fsp3) is 0.250. The Morgan fingerprint density at radius 1 is 1.03 bits per heavy atom. The predicted molar refractivity (Wildman–Crippen MR) is 102 cm³/mol. The molecule has 2 aromatic rings. The minimum atomic E-state index is -4.79. The standard InChI is InChI=1S/C20H17F3N2O5/c1-19(2,3)30-18(26)24-16-11-8-14(12-17(16)25(27)28)5-4-13-6-9-15(10-7-13)29-20(21,22)23/h6-12H,1-3H3,(H,24,26). The summed E-state index contributed by atoms with van der Waals surface area (Å²) in [4.78, 5) is 22.5. The second-order valence-electron chi connectivity index (χ2n) is 6.94. The zero-order valence-electron chi connectivity index (χ0n) is 16.2. The highest BCUT2D eigenvalue weighted by molar-refractivity contribution is 5.88. The first kappa shape index (κ1) is 22.5. The van der Waals surface area contributed by atoms with E-state index in [1.807, 2.05) is 0 Å². The monoisotopic (exact) mass is 422 g/mol. The number of nitrogens with one attached hydrogen (secondary N) is 1. The first-order valence-electron chi connectivity index (χ1n) is 8.49. The molecular weight excluding hydrogens is 405 g/mol. The van der Waals surface area contributed by atoms with Crippen LogP contribution in [-0.2, 0) is 4.74 Å². The number of carbonyl (C=O) groups excluding carboxylic acids is 1. The second-order valence-corrected chi connectivity index (χ2v) is 6.94. The van der Waals surface area contributed by atoms with Crippen molar-refractivity contribution in [1.29, 1.82) is 0 Å². The van der Waals surface area contributed by atoms with Gasteiger partial charge in [-0.3, -0.25) is 15.4 Å². The highest BCUT2D eigenvalue weighted by Crippen LogP contribution is 2.26. The zero-order valence-corrected chi connectivity index (χ0v) is 16.2. The van der Waals surface area contributed by atoms with Gasteiger partial charge in [-0.2, -0.15) is 0 Å². The number of benzene rings is 2. The number of halogens is 3. The maximum absolute atomic E-state index is 12.2. The zero-order chi connectivity index (χ0) is 22.5. The fourth-order valence-corrected chi connectivity index (χ4v) is 2.16. The van der Waals surface area contributed by atoms with Crippen LogP contribution in [0.2, 0.25) is 0 Å². The number of nitro groups is 1. The van der Waals surface area contributed by atoms with E-state index in [2.05, 4.69) is 21.9 Å². The van der Waals surface area contributed by atoms with E-state index in [4.69, 9.17) is 4.74 Å². The van der Waals surface area contributed by atoms with Gasteiger partial charge in [0, 0.05) is 17.2 Å². The van der Waals surface area contributed by atoms with Crippen LogP contribution in [0.3, 0.4) is 0 Å². The van der Waals surface area contributed by atoms with Crippen LogP contribution in [0.5, 0.6) is 5.75 Å². The molecule has 0 aliphatic heterocycles. The minimum Gasteiger partial charge on any atom is -0.444 e. The molecule has 0 unspecified atom stereocenters. The van der Waals surface area contributed by atoms with Gasteiger partial charge < -0.3 is 9.47 Å². The lowest BCUT2D eigenvalue weighted by Crippen LogP contribution is -2.27. The van der Waals surface area contributed by atoms with Crippen molar-refractivity contribution in [2.24, 2.45) is 0 Å². The summed E-state index contributed by atoms with van der Waals surface area (Å²) in [7, 11) is 0. The first-order chi connectivity index (χ1) is 13.8. The Balaban J connectivity index is 2.19. The van der Waals surface area contributed by atoms with Gasteiger partial charge in [0.25, 0.3) is 5.69 Å². The van der Waals surface area contributed by atoms with Crippen molar-refractivity contribution < 1.29 is 32.4 Å². The van der Waals surface area contributed by atoms with E-state index < -0.39 is 23.0 Å². The molecule has 0 aromatic heterocycles. The SMILES string of the molecule is CC(C)(C)OC(=O)Nc1ccc(C#Cc2ccc(OC(F)(F)F)cc2)cc1[N+](=O)[O-]. The average Bonchev–Trinajstić information content (AvgIpc) is 2.59. The molecule has 2 rings (SSSR count). The lowest BCUT2D eigenvalue weighted by atomic mass is 10.1. The van der Waals surface area contributed by atoms with Crippen molar-refractivity contribution in [3.05, 3.63) is 63.7 Å². The van der Waals surface area contributed by atoms with Crippen molar-refractivity contribution in [3.63, 3.8) is 0 Å². The number of anilines is 1. The average molecular weight is 422 g/mol. The van der Waals surface area contributed by atoms with Crippen LogP contribution in [0.15, 0.2) is 42.5 Å². The van der Waals surface area contributed by atoms with Crippen LogP contribution in [0.25, 0.3) is 0 Å². The van der Waals surface area contributed by atoms with Gasteiger partial charge in [0.1, 0.15) is 17.0 Å². The third-order valence-corrected chi connectivity index (χ3v) is 3.27. The summed E-state index contributed by atoms with van der Waals surface area (Å²) in [6, 6.07) is 8.78. The van der Waals surface area contributed by atoms with Gasteiger partial charge >= 0.3 is 12.5 Å². The van der Waals surface area contributed by atoms with Crippen molar-refractivity contribution in [1.82, 2.24) is 0 Å². The molecule has 0 atom stereocenters. The van der Waals surface area contributed by atoms with Crippen LogP contribution in [0.1, 0.15) is 31.9 Å². The Morgan fingerprint density at radius 3 is 2.13 bits per heavy atom. The summed E-state index contributed by atoms with van der Waals surface area (Å²) >= 11 is 0. The molecule has 158 valence electrons. The molecule has 0 radical (unpaired) electrons. The summed E-state index contributed by atoms with van der Waals surface area (Å²) in [5.41, 5.74) is -0.574. The normalized spacial score (nSPS) is 11.1. The van der Waals surface area contributed by atoms with E-state index in [1.54, 1.807) is 20.8 Å². The molecular formula is C20H17F3N2O5. The van der Waals surface area contributed by atoms with E-state index in [1.165, 1.54) is 30.3 Å². The van der Waals surface area contributed by atoms with Crippen LogP contribution >= 0.6 is 0 Å². The minimum absolute atomic E-state index is 0.0616. The molecule has 0 saturated carbocycles. The Labute approximate surface area is 169 Å². The molecule has 0 bridgehead atoms. The first-order valence-corrected chi connectivity index (χ1v) is 8.49. The second kappa shape index (κ2) is 8.73. The summed E-state index contributed by atoms with van der Waals surface area (Å²) in [5.74, 6) is 4.98. The molecule has 1 amide bonds. The Bertz CT molecular complexity index is 1000. The molecule has 0 saturated heterocycles. The van der Waals surface area contributed by atoms with E-state index in [9.17, 15) is 28.1 Å². The third-order valence-electron chi connectivity index (χ3n) is 3.27. The van der Waals surface area contributed by atoms with E-state index in [0.29, 0.717) is 5.56 Å². The largest absolute Gasteiger partial charge is 0.573 e. The number of hydrogen-bond donors (Lipinski definition) is 1. The molecule has 30 heavy (non-hydrogen) atoms. The Morgan fingerprint density at radius 2 is 1.60 bits per heavy atom. The lowest BCUT2D eigenvalue weighted by molar-refractivity contribution is -0.383. The van der Waals surface area contributed by atoms with Gasteiger partial charge in [-0.1, -0.05) is 11.8 Å². The topological polar surface area (TPSA) is 90.7 Å². The summed E-state index contributed by atoms with van der Waals surface area (Å²) < 4.78 is 45.3. The molecule has 0 aliphatic rings. The molecule has 10 heteroatoms. The maximum Gasteiger partial charge on any atom is 0.573 e. The van der Waals surface area contributed by atoms with Crippen molar-refractivity contribution in [3.8, 4) is 17.6 Å². The van der Waals surface area contributed by atoms with Gasteiger partial charge in [0.15, 0.2) is 0 Å². The maximum atomic E-state index is 12.2. The highest BCUT2D eigenvalue weighted by Gasteiger charge is 2.30. The van der Waals surface area contributed by atoms with Crippen LogP contribution in [0.4, 0.5) is 29.3 Å². The van der Waals surface area contributed by atoms with Crippen molar-refractivity contribution in [2.75, 3.05) is 5.32 Å². The quantitative estimate of drug-likeness (QED) is 0.415. The number of carbonyl (C=O) groups is 1. The summed E-state index contributed by atoms with van der Waals surface area (Å²) in [5, 5.41) is 13.6. The lowest BCUT2D eigenvalue weighted by Gasteiger charge is -2.19. The number of alkyl halides is 3. The molecule has 1 N–H and O–H groups in total. The number of rotatable bonds is 3. The van der Waals surface area contributed by atoms with Crippen molar-refractivity contribution in [2.45, 2.75) is 32.7 Å². The summed E-state index contributed by atoms with van der Waals surface area (Å²) in [6.45, 7) is 4.96. The van der Waals surface area contributed by atoms with Gasteiger partial charge in [0.2, 0.25) is 0 Å². The molecule has 0 spiro atoms. The van der Waals surface area contributed by atoms with Gasteiger partial charge in [0.05, 0.1) is 4.92 Å². The number of amides is 1. The highest BCUT2D eigenvalue weighted by atomic mass is 19.4. The summed E-state index contributed by atoms with van der Waals surface area (Å²) in [6.07, 6.45) is -5.63. The van der Waals surface area contributed by atoms with Crippen LogP contribution in [0, 0.1) is 22.0 Å². The Kier molecular flexibility index (Phi) is 6.56. The fourth-order valence-electron chi connectivity index (χ4n) is 2.16. The number of nitro benzene ring substituents is 1. The molecule has 0 aliphatic carbocycles. The number of hydrogen-bond acceptors (Lipinski definition) is 5. The van der Waals surface area contributed by atoms with E-state index in [-0.39, 0.29) is 22.7 Å². The van der Waals surface area contributed by atoms with Gasteiger partial charge in [-0.25, -0.2) is 4.79 Å². The van der Waals surface area contributed by atoms with Crippen LogP contribution < -0.4 is 10.1 Å². The predicted octanol–water partition coefficient (Wildman–Crippen LogP) is 5.24. The van der Waals surface area contributed by atoms with Crippen molar-refractivity contribution >= 4 is 17.5 Å². The van der Waals surface area contributed by atoms with E-state index >= 15 is 0 Å².